The lowest BCUT2D eigenvalue weighted by atomic mass is 10.0. The third kappa shape index (κ3) is 27.6. The molecule has 7 heterocycles. The molecule has 26 nitrogen and oxygen atoms in total. The van der Waals surface area contributed by atoms with E-state index >= 15 is 0 Å². The summed E-state index contributed by atoms with van der Waals surface area (Å²) in [5.41, 5.74) is 7.53. The van der Waals surface area contributed by atoms with Gasteiger partial charge in [0, 0.05) is 140 Å². The molecule has 0 fully saturated rings. The lowest BCUT2D eigenvalue weighted by molar-refractivity contribution is -0.118. The molecule has 6 N–H and O–H groups in total. The molecule has 11 aromatic carbocycles. The van der Waals surface area contributed by atoms with Crippen molar-refractivity contribution >= 4 is 208 Å². The van der Waals surface area contributed by atoms with E-state index in [1.54, 1.807) is 141 Å². The minimum absolute atomic E-state index is 0.00852. The van der Waals surface area contributed by atoms with Crippen LogP contribution >= 0.6 is 57.5 Å². The van der Waals surface area contributed by atoms with E-state index in [4.69, 9.17) is 58.5 Å². The average Bonchev–Trinajstić information content (AvgIpc) is 1.40. The lowest BCUT2D eigenvalue weighted by Gasteiger charge is -2.12. The second-order valence-corrected chi connectivity index (χ2v) is 33.4. The minimum atomic E-state index is -0.356. The number of thiophene rings is 1. The SMILES string of the molecule is C=C(CC)C(=O)c1ccc(OCC(=O)Nc2ccc3cnccc3c2)c(Cl)c1Cl.CC(=O)c1ccc(OCC(=O)Nc2ccc3cnccc3c2)cc1.Cc1ccc2nc(NC(=O)c3cccc(OCC(=O)Nc4ccc5cnccc5c4)c3)sc2c1.O=C(COc1ccc(C(=O)c2cccs2)c(Cl)c1)Nc1ccc2cnccc2c1.O=C(COc1ccccc1)Nc1ccc2cnccc2c1. The van der Waals surface area contributed by atoms with E-state index < -0.39 is 0 Å². The molecule has 7 aromatic heterocycles. The Morgan fingerprint density at radius 3 is 1.22 bits per heavy atom. The molecule has 0 radical (unpaired) electrons. The number of allylic oxidation sites excluding steroid dienone is 1. The van der Waals surface area contributed by atoms with E-state index in [9.17, 15) is 43.2 Å². The number of nitrogens with zero attached hydrogens (tertiary/aromatic N) is 6. The van der Waals surface area contributed by atoms with Crippen molar-refractivity contribution in [1.29, 1.82) is 0 Å². The van der Waals surface area contributed by atoms with Crippen molar-refractivity contribution in [3.05, 3.63) is 388 Å². The number of para-hydroxylation sites is 1. The number of pyridine rings is 5. The maximum Gasteiger partial charge on any atom is 0.262 e. The highest BCUT2D eigenvalue weighted by Crippen LogP contribution is 2.37. The normalized spacial score (nSPS) is 10.6. The zero-order chi connectivity index (χ0) is 96.1. The predicted octanol–water partition coefficient (Wildman–Crippen LogP) is 23.0. The summed E-state index contributed by atoms with van der Waals surface area (Å²) < 4.78 is 28.5. The second kappa shape index (κ2) is 47.2. The highest BCUT2D eigenvalue weighted by Gasteiger charge is 2.22. The first-order chi connectivity index (χ1) is 66.5. The van der Waals surface area contributed by atoms with Crippen LogP contribution in [0.15, 0.2) is 340 Å². The monoisotopic (exact) mass is 1920 g/mol. The van der Waals surface area contributed by atoms with Crippen molar-refractivity contribution in [3.63, 3.8) is 0 Å². The van der Waals surface area contributed by atoms with Crippen molar-refractivity contribution < 1.29 is 66.8 Å². The van der Waals surface area contributed by atoms with Gasteiger partial charge in [0.25, 0.3) is 35.4 Å². The van der Waals surface area contributed by atoms with Gasteiger partial charge in [-0.05, 0) is 258 Å². The number of benzene rings is 11. The molecule has 18 aromatic rings. The largest absolute Gasteiger partial charge is 0.484 e. The fourth-order valence-electron chi connectivity index (χ4n) is 13.3. The maximum atomic E-state index is 12.7. The van der Waals surface area contributed by atoms with Gasteiger partial charge in [-0.1, -0.05) is 126 Å². The van der Waals surface area contributed by atoms with Crippen LogP contribution in [0.3, 0.4) is 0 Å². The number of anilines is 6. The zero-order valence-corrected chi connectivity index (χ0v) is 77.4. The number of carbonyl (C=O) groups is 9. The van der Waals surface area contributed by atoms with Gasteiger partial charge in [0.2, 0.25) is 5.78 Å². The third-order valence-electron chi connectivity index (χ3n) is 20.3. The quantitative estimate of drug-likeness (QED) is 0.0196. The molecule has 0 unspecified atom stereocenters. The molecular weight excluding hydrogens is 1840 g/mol. The fraction of sp³-hybridized carbons (Fsp3) is 0.0849. The minimum Gasteiger partial charge on any atom is -0.484 e. The van der Waals surface area contributed by atoms with Crippen LogP contribution in [0.4, 0.5) is 33.6 Å². The molecule has 0 aliphatic heterocycles. The van der Waals surface area contributed by atoms with Crippen LogP contribution in [0.25, 0.3) is 64.1 Å². The maximum absolute atomic E-state index is 12.7. The molecule has 0 aliphatic rings. The highest BCUT2D eigenvalue weighted by molar-refractivity contribution is 7.22. The smallest absolute Gasteiger partial charge is 0.262 e. The number of halogens is 3. The Labute approximate surface area is 808 Å². The van der Waals surface area contributed by atoms with Crippen LogP contribution in [0, 0.1) is 6.92 Å². The Kier molecular flexibility index (Phi) is 33.3. The third-order valence-corrected chi connectivity index (χ3v) is 23.3. The average molecular weight is 1920 g/mol. The van der Waals surface area contributed by atoms with E-state index in [1.165, 1.54) is 41.7 Å². The summed E-state index contributed by atoms with van der Waals surface area (Å²) >= 11 is 21.5. The van der Waals surface area contributed by atoms with Gasteiger partial charge in [-0.15, -0.1) is 11.3 Å². The van der Waals surface area contributed by atoms with Crippen molar-refractivity contribution in [2.45, 2.75) is 27.2 Å². The van der Waals surface area contributed by atoms with Crippen LogP contribution < -0.4 is 55.6 Å². The number of ketones is 3. The topological polar surface area (TPSA) is 349 Å². The van der Waals surface area contributed by atoms with Gasteiger partial charge in [0.05, 0.1) is 25.1 Å². The molecule has 0 spiro atoms. The number of carbonyl (C=O) groups excluding carboxylic acids is 9. The molecule has 6 amide bonds. The van der Waals surface area contributed by atoms with Crippen LogP contribution in [-0.4, -0.2) is 116 Å². The highest BCUT2D eigenvalue weighted by atomic mass is 35.5. The Hall–Kier alpha value is -16.5. The number of ether oxygens (including phenoxy) is 5. The van der Waals surface area contributed by atoms with Gasteiger partial charge in [0.1, 0.15) is 33.8 Å². The summed E-state index contributed by atoms with van der Waals surface area (Å²) in [4.78, 5) is 135. The van der Waals surface area contributed by atoms with Gasteiger partial charge in [-0.2, -0.15) is 0 Å². The number of amides is 6. The van der Waals surface area contributed by atoms with Gasteiger partial charge in [-0.3, -0.25) is 73.4 Å². The molecule has 684 valence electrons. The lowest BCUT2D eigenvalue weighted by Crippen LogP contribution is -2.20. The summed E-state index contributed by atoms with van der Waals surface area (Å²) in [6.45, 7) is 8.33. The standard InChI is InChI=1S/C26H20N4O3S.C22H18Cl2N2O3.C22H15ClN2O3S.C19H16N2O3.C17H14N2O2/c1-16-5-8-22-23(11-16)34-26(29-22)30-25(32)18-3-2-4-21(13-18)33-15-24(31)28-20-7-6-19-14-27-10-9-17(19)12-20;1-3-13(2)22(28)17-6-7-18(21(24)20(17)23)29-12-19(27)26-16-5-4-15-11-25-9-8-14(15)10-16;23-19-11-17(5-6-18(19)22(27)20-2-1-9-29-20)28-13-21(26)25-16-4-3-15-12-24-8-7-14(15)10-16;1-13(22)14-3-6-18(7-4-14)24-12-19(23)21-17-5-2-16-11-20-9-8-15(16)10-17;20-17(12-21-16-4-2-1-3-5-16)19-15-7-6-14-11-18-9-8-13(14)10-15/h2-14H,15H2,1H3,(H,28,31)(H,29,30,32);4-11H,2-3,12H2,1H3,(H,26,27);1-12H,13H2,(H,25,26);2-11H,12H2,1H3,(H,21,23);1-11H,12H2,(H,19,20). The molecule has 0 aliphatic carbocycles. The van der Waals surface area contributed by atoms with Crippen LogP contribution in [0.2, 0.25) is 15.1 Å². The summed E-state index contributed by atoms with van der Waals surface area (Å²) in [6.07, 6.45) is 17.9. The summed E-state index contributed by atoms with van der Waals surface area (Å²) in [6, 6.07) is 77.4. The Morgan fingerprint density at radius 2 is 0.788 bits per heavy atom. The molecule has 31 heteroatoms. The zero-order valence-electron chi connectivity index (χ0n) is 73.5. The number of thiazole rings is 1. The van der Waals surface area contributed by atoms with Crippen LogP contribution in [0.5, 0.6) is 28.7 Å². The predicted molar refractivity (Wildman–Crippen MR) is 540 cm³/mol. The van der Waals surface area contributed by atoms with E-state index in [1.807, 2.05) is 189 Å². The van der Waals surface area contributed by atoms with E-state index in [2.05, 4.69) is 68.4 Å². The molecular formula is C106H83Cl3N12O14S2. The molecule has 137 heavy (non-hydrogen) atoms. The summed E-state index contributed by atoms with van der Waals surface area (Å²) in [5, 5.41) is 29.6. The van der Waals surface area contributed by atoms with Crippen molar-refractivity contribution in [1.82, 2.24) is 29.9 Å². The molecule has 0 atom stereocenters. The number of aromatic nitrogens is 6. The Morgan fingerprint density at radius 1 is 0.372 bits per heavy atom. The van der Waals surface area contributed by atoms with Gasteiger partial charge < -0.3 is 50.3 Å². The first kappa shape index (κ1) is 96.6. The Balaban J connectivity index is 0.000000138. The Bertz CT molecular complexity index is 7510. The number of nitrogens with one attached hydrogen (secondary N) is 6. The van der Waals surface area contributed by atoms with Crippen molar-refractivity contribution in [3.8, 4) is 28.7 Å². The van der Waals surface area contributed by atoms with Crippen molar-refractivity contribution in [2.24, 2.45) is 0 Å². The molecule has 18 rings (SSSR count). The number of hydrogen-bond donors (Lipinski definition) is 6. The number of hydrogen-bond acceptors (Lipinski definition) is 22. The number of rotatable bonds is 28. The van der Waals surface area contributed by atoms with E-state index in [0.29, 0.717) is 84.4 Å². The summed E-state index contributed by atoms with van der Waals surface area (Å²) in [5.74, 6) is 0.174. The van der Waals surface area contributed by atoms with Crippen molar-refractivity contribution in [2.75, 3.05) is 64.9 Å². The molecule has 0 saturated heterocycles. The van der Waals surface area contributed by atoms with Gasteiger partial charge in [0.15, 0.2) is 49.7 Å². The molecule has 0 saturated carbocycles. The summed E-state index contributed by atoms with van der Waals surface area (Å²) in [7, 11) is 0. The van der Waals surface area contributed by atoms with Crippen LogP contribution in [0.1, 0.15) is 72.1 Å². The first-order valence-electron chi connectivity index (χ1n) is 42.3. The van der Waals surface area contributed by atoms with Gasteiger partial charge >= 0.3 is 0 Å². The fourth-order valence-corrected chi connectivity index (χ4v) is 15.6. The number of fused-ring (bicyclic) bond motifs is 6. The van der Waals surface area contributed by atoms with E-state index in [-0.39, 0.29) is 112 Å². The van der Waals surface area contributed by atoms with Gasteiger partial charge in [-0.25, -0.2) is 4.98 Å². The number of Topliss-reactive ketones (excluding diaryl/α,β-unsaturated/α-hetero) is 2. The molecule has 0 bridgehead atoms. The first-order valence-corrected chi connectivity index (χ1v) is 45.1. The van der Waals surface area contributed by atoms with E-state index in [0.717, 1.165) is 75.3 Å². The van der Waals surface area contributed by atoms with Crippen LogP contribution in [-0.2, 0) is 24.0 Å². The second-order valence-electron chi connectivity index (χ2n) is 30.2. The number of aryl methyl sites for hydroxylation is 1.